The number of aliphatic hydroxyl groups is 1. The Bertz CT molecular complexity index is 592. The molecule has 0 bridgehead atoms. The molecule has 1 aromatic heterocycles. The average molecular weight is 253 g/mol. The Morgan fingerprint density at radius 3 is 2.89 bits per heavy atom. The molecule has 98 valence electrons. The number of hydrogen-bond donors (Lipinski definition) is 1. The SMILES string of the molecule is Cc1ncccc1C(O)Cc1ccc2c(c1)CCC2. The molecule has 2 heteroatoms. The second-order valence-electron chi connectivity index (χ2n) is 5.35. The Morgan fingerprint density at radius 1 is 1.21 bits per heavy atom. The van der Waals surface area contributed by atoms with Gasteiger partial charge < -0.3 is 5.11 Å². The highest BCUT2D eigenvalue weighted by Gasteiger charge is 2.14. The van der Waals surface area contributed by atoms with Crippen molar-refractivity contribution in [2.45, 2.75) is 38.7 Å². The van der Waals surface area contributed by atoms with E-state index in [9.17, 15) is 5.11 Å². The van der Waals surface area contributed by atoms with Crippen molar-refractivity contribution < 1.29 is 5.11 Å². The van der Waals surface area contributed by atoms with Crippen LogP contribution >= 0.6 is 0 Å². The molecular weight excluding hydrogens is 234 g/mol. The smallest absolute Gasteiger partial charge is 0.0847 e. The van der Waals surface area contributed by atoms with Crippen molar-refractivity contribution in [3.05, 3.63) is 64.5 Å². The molecule has 2 aromatic rings. The highest BCUT2D eigenvalue weighted by molar-refractivity contribution is 5.36. The first-order chi connectivity index (χ1) is 9.24. The molecule has 1 aromatic carbocycles. The van der Waals surface area contributed by atoms with Crippen LogP contribution in [-0.4, -0.2) is 10.1 Å². The van der Waals surface area contributed by atoms with Crippen LogP contribution in [0.4, 0.5) is 0 Å². The van der Waals surface area contributed by atoms with E-state index < -0.39 is 6.10 Å². The van der Waals surface area contributed by atoms with Crippen LogP contribution in [0.3, 0.4) is 0 Å². The van der Waals surface area contributed by atoms with Gasteiger partial charge in [-0.2, -0.15) is 0 Å². The predicted octanol–water partition coefficient (Wildman–Crippen LogP) is 3.15. The van der Waals surface area contributed by atoms with Gasteiger partial charge in [-0.3, -0.25) is 4.98 Å². The van der Waals surface area contributed by atoms with Crippen LogP contribution < -0.4 is 0 Å². The van der Waals surface area contributed by atoms with E-state index in [1.54, 1.807) is 6.20 Å². The van der Waals surface area contributed by atoms with Gasteiger partial charge in [0.25, 0.3) is 0 Å². The van der Waals surface area contributed by atoms with E-state index in [-0.39, 0.29) is 0 Å². The van der Waals surface area contributed by atoms with E-state index in [0.717, 1.165) is 11.3 Å². The molecule has 1 heterocycles. The van der Waals surface area contributed by atoms with Crippen LogP contribution in [0.2, 0.25) is 0 Å². The monoisotopic (exact) mass is 253 g/mol. The minimum atomic E-state index is -0.465. The number of nitrogens with zero attached hydrogens (tertiary/aromatic N) is 1. The van der Waals surface area contributed by atoms with Gasteiger partial charge >= 0.3 is 0 Å². The molecule has 1 N–H and O–H groups in total. The molecule has 0 aliphatic heterocycles. The van der Waals surface area contributed by atoms with E-state index in [4.69, 9.17) is 0 Å². The zero-order valence-electron chi connectivity index (χ0n) is 11.3. The summed E-state index contributed by atoms with van der Waals surface area (Å²) in [5.41, 5.74) is 6.01. The summed E-state index contributed by atoms with van der Waals surface area (Å²) in [7, 11) is 0. The number of fused-ring (bicyclic) bond motifs is 1. The van der Waals surface area contributed by atoms with Gasteiger partial charge in [-0.25, -0.2) is 0 Å². The van der Waals surface area contributed by atoms with Crippen LogP contribution in [0, 0.1) is 6.92 Å². The minimum Gasteiger partial charge on any atom is -0.388 e. The molecule has 0 saturated heterocycles. The number of aryl methyl sites for hydroxylation is 3. The molecule has 1 aliphatic carbocycles. The van der Waals surface area contributed by atoms with Crippen LogP contribution in [0.25, 0.3) is 0 Å². The summed E-state index contributed by atoms with van der Waals surface area (Å²) < 4.78 is 0. The highest BCUT2D eigenvalue weighted by Crippen LogP contribution is 2.26. The lowest BCUT2D eigenvalue weighted by molar-refractivity contribution is 0.177. The lowest BCUT2D eigenvalue weighted by Gasteiger charge is -2.13. The number of hydrogen-bond acceptors (Lipinski definition) is 2. The number of aromatic nitrogens is 1. The van der Waals surface area contributed by atoms with Crippen molar-refractivity contribution in [3.63, 3.8) is 0 Å². The summed E-state index contributed by atoms with van der Waals surface area (Å²) in [6.45, 7) is 1.95. The normalized spacial score (nSPS) is 15.3. The highest BCUT2D eigenvalue weighted by atomic mass is 16.3. The quantitative estimate of drug-likeness (QED) is 0.911. The number of pyridine rings is 1. The lowest BCUT2D eigenvalue weighted by atomic mass is 9.98. The van der Waals surface area contributed by atoms with Crippen LogP contribution in [-0.2, 0) is 19.3 Å². The first-order valence-corrected chi connectivity index (χ1v) is 6.94. The Kier molecular flexibility index (Phi) is 3.34. The van der Waals surface area contributed by atoms with Gasteiger partial charge in [-0.15, -0.1) is 0 Å². The Hall–Kier alpha value is -1.67. The Labute approximate surface area is 114 Å². The first kappa shape index (κ1) is 12.4. The molecule has 0 fully saturated rings. The maximum absolute atomic E-state index is 10.4. The van der Waals surface area contributed by atoms with Crippen LogP contribution in [0.1, 0.15) is 40.5 Å². The summed E-state index contributed by atoms with van der Waals surface area (Å²) >= 11 is 0. The Balaban J connectivity index is 1.80. The molecular formula is C17H19NO. The molecule has 0 saturated carbocycles. The van der Waals surface area contributed by atoms with E-state index in [1.807, 2.05) is 19.1 Å². The van der Waals surface area contributed by atoms with Crippen LogP contribution in [0.15, 0.2) is 36.5 Å². The molecule has 3 rings (SSSR count). The summed E-state index contributed by atoms with van der Waals surface area (Å²) in [6.07, 6.45) is 5.63. The molecule has 1 unspecified atom stereocenters. The van der Waals surface area contributed by atoms with E-state index >= 15 is 0 Å². The molecule has 1 atom stereocenters. The zero-order chi connectivity index (χ0) is 13.2. The third-order valence-corrected chi connectivity index (χ3v) is 4.00. The molecule has 0 spiro atoms. The number of rotatable bonds is 3. The van der Waals surface area contributed by atoms with Crippen molar-refractivity contribution in [1.29, 1.82) is 0 Å². The van der Waals surface area contributed by atoms with Crippen molar-refractivity contribution in [2.24, 2.45) is 0 Å². The second kappa shape index (κ2) is 5.14. The molecule has 1 aliphatic rings. The maximum Gasteiger partial charge on any atom is 0.0847 e. The van der Waals surface area contributed by atoms with E-state index in [1.165, 1.54) is 36.0 Å². The topological polar surface area (TPSA) is 33.1 Å². The molecule has 19 heavy (non-hydrogen) atoms. The minimum absolute atomic E-state index is 0.465. The van der Waals surface area contributed by atoms with Gasteiger partial charge in [0.2, 0.25) is 0 Å². The van der Waals surface area contributed by atoms with Gasteiger partial charge in [0, 0.05) is 23.9 Å². The standard InChI is InChI=1S/C17H19NO/c1-12-16(6-3-9-18-12)17(19)11-13-7-8-14-4-2-5-15(14)10-13/h3,6-10,17,19H,2,4-5,11H2,1H3. The van der Waals surface area contributed by atoms with Gasteiger partial charge in [-0.05, 0) is 48.9 Å². The summed E-state index contributed by atoms with van der Waals surface area (Å²) in [4.78, 5) is 4.24. The number of aliphatic hydroxyl groups excluding tert-OH is 1. The van der Waals surface area contributed by atoms with Crippen molar-refractivity contribution in [1.82, 2.24) is 4.98 Å². The number of benzene rings is 1. The second-order valence-corrected chi connectivity index (χ2v) is 5.35. The molecule has 2 nitrogen and oxygen atoms in total. The summed E-state index contributed by atoms with van der Waals surface area (Å²) in [6, 6.07) is 10.5. The Morgan fingerprint density at radius 2 is 2.05 bits per heavy atom. The van der Waals surface area contributed by atoms with Gasteiger partial charge in [0.05, 0.1) is 6.10 Å². The van der Waals surface area contributed by atoms with Crippen LogP contribution in [0.5, 0.6) is 0 Å². The van der Waals surface area contributed by atoms with Crippen molar-refractivity contribution >= 4 is 0 Å². The fourth-order valence-electron chi connectivity index (χ4n) is 2.93. The van der Waals surface area contributed by atoms with Gasteiger partial charge in [0.15, 0.2) is 0 Å². The first-order valence-electron chi connectivity index (χ1n) is 6.94. The third kappa shape index (κ3) is 2.54. The fourth-order valence-corrected chi connectivity index (χ4v) is 2.93. The van der Waals surface area contributed by atoms with E-state index in [0.29, 0.717) is 6.42 Å². The summed E-state index contributed by atoms with van der Waals surface area (Å²) in [5.74, 6) is 0. The maximum atomic E-state index is 10.4. The summed E-state index contributed by atoms with van der Waals surface area (Å²) in [5, 5.41) is 10.4. The zero-order valence-corrected chi connectivity index (χ0v) is 11.3. The van der Waals surface area contributed by atoms with Gasteiger partial charge in [0.1, 0.15) is 0 Å². The van der Waals surface area contributed by atoms with E-state index in [2.05, 4.69) is 23.2 Å². The molecule has 0 radical (unpaired) electrons. The van der Waals surface area contributed by atoms with Crippen molar-refractivity contribution in [2.75, 3.05) is 0 Å². The largest absolute Gasteiger partial charge is 0.388 e. The lowest BCUT2D eigenvalue weighted by Crippen LogP contribution is -2.05. The van der Waals surface area contributed by atoms with Crippen molar-refractivity contribution in [3.8, 4) is 0 Å². The fraction of sp³-hybridized carbons (Fsp3) is 0.353. The predicted molar refractivity (Wildman–Crippen MR) is 76.1 cm³/mol. The third-order valence-electron chi connectivity index (χ3n) is 4.00. The van der Waals surface area contributed by atoms with Gasteiger partial charge in [-0.1, -0.05) is 24.3 Å². The molecule has 0 amide bonds. The average Bonchev–Trinajstić information content (AvgIpc) is 2.86.